The molecule has 0 aromatic heterocycles. The Hall–Kier alpha value is -1.64. The lowest BCUT2D eigenvalue weighted by molar-refractivity contribution is 0.305. The van der Waals surface area contributed by atoms with Crippen LogP contribution < -0.4 is 5.32 Å². The second kappa shape index (κ2) is 5.63. The topological polar surface area (TPSA) is 15.3 Å². The number of fused-ring (bicyclic) bond motifs is 1. The molecule has 0 spiro atoms. The van der Waals surface area contributed by atoms with Gasteiger partial charge < -0.3 is 5.32 Å². The van der Waals surface area contributed by atoms with Crippen LogP contribution in [0.15, 0.2) is 54.6 Å². The molecule has 2 heterocycles. The number of nitrogens with zero attached hydrogens (tertiary/aromatic N) is 1. The van der Waals surface area contributed by atoms with E-state index in [9.17, 15) is 0 Å². The van der Waals surface area contributed by atoms with Crippen LogP contribution >= 0.6 is 0 Å². The molecule has 2 aromatic rings. The average molecular weight is 278 g/mol. The Kier molecular flexibility index (Phi) is 3.50. The lowest BCUT2D eigenvalue weighted by Gasteiger charge is -2.17. The molecule has 2 nitrogen and oxygen atoms in total. The standard InChI is InChI=1S/C19H22N2/c1-2-4-16(5-3-1)17-8-6-15(7-9-17)12-21-13-18-10-20-11-19(18)14-21/h1-9,18-20H,10-14H2. The minimum absolute atomic E-state index is 0.883. The second-order valence-electron chi connectivity index (χ2n) is 6.44. The summed E-state index contributed by atoms with van der Waals surface area (Å²) in [5.74, 6) is 1.77. The molecule has 108 valence electrons. The van der Waals surface area contributed by atoms with E-state index in [0.717, 1.165) is 18.4 Å². The molecular formula is C19H22N2. The number of hydrogen-bond donors (Lipinski definition) is 1. The van der Waals surface area contributed by atoms with Crippen LogP contribution in [0.2, 0.25) is 0 Å². The summed E-state index contributed by atoms with van der Waals surface area (Å²) in [6, 6.07) is 19.7. The highest BCUT2D eigenvalue weighted by Crippen LogP contribution is 2.28. The van der Waals surface area contributed by atoms with E-state index in [1.165, 1.54) is 42.9 Å². The fourth-order valence-corrected chi connectivity index (χ4v) is 3.77. The molecule has 0 radical (unpaired) electrons. The number of nitrogens with one attached hydrogen (secondary N) is 1. The van der Waals surface area contributed by atoms with Gasteiger partial charge in [-0.1, -0.05) is 54.6 Å². The molecule has 2 unspecified atom stereocenters. The van der Waals surface area contributed by atoms with Crippen molar-refractivity contribution in [1.29, 1.82) is 0 Å². The van der Waals surface area contributed by atoms with Gasteiger partial charge in [-0.25, -0.2) is 0 Å². The van der Waals surface area contributed by atoms with Gasteiger partial charge in [0.25, 0.3) is 0 Å². The predicted octanol–water partition coefficient (Wildman–Crippen LogP) is 3.00. The van der Waals surface area contributed by atoms with E-state index < -0.39 is 0 Å². The van der Waals surface area contributed by atoms with Crippen molar-refractivity contribution >= 4 is 0 Å². The number of hydrogen-bond acceptors (Lipinski definition) is 2. The summed E-state index contributed by atoms with van der Waals surface area (Å²) in [5.41, 5.74) is 4.04. The molecule has 2 aliphatic rings. The monoisotopic (exact) mass is 278 g/mol. The zero-order chi connectivity index (χ0) is 14.1. The van der Waals surface area contributed by atoms with Crippen molar-refractivity contribution in [3.63, 3.8) is 0 Å². The summed E-state index contributed by atoms with van der Waals surface area (Å²) < 4.78 is 0. The first-order chi connectivity index (χ1) is 10.4. The molecule has 2 saturated heterocycles. The lowest BCUT2D eigenvalue weighted by atomic mass is 10.0. The zero-order valence-corrected chi connectivity index (χ0v) is 12.3. The van der Waals surface area contributed by atoms with Crippen LogP contribution in [0.3, 0.4) is 0 Å². The summed E-state index contributed by atoms with van der Waals surface area (Å²) in [6.07, 6.45) is 0. The molecule has 2 fully saturated rings. The van der Waals surface area contributed by atoms with Gasteiger partial charge in [-0.15, -0.1) is 0 Å². The molecule has 2 heteroatoms. The van der Waals surface area contributed by atoms with E-state index in [0.29, 0.717) is 0 Å². The van der Waals surface area contributed by atoms with Crippen molar-refractivity contribution in [2.75, 3.05) is 26.2 Å². The Morgan fingerprint density at radius 3 is 2.10 bits per heavy atom. The SMILES string of the molecule is c1ccc(-c2ccc(CN3CC4CNCC4C3)cc2)cc1. The Bertz CT molecular complexity index is 579. The molecule has 21 heavy (non-hydrogen) atoms. The molecule has 2 atom stereocenters. The summed E-state index contributed by atoms with van der Waals surface area (Å²) in [7, 11) is 0. The first-order valence-electron chi connectivity index (χ1n) is 7.96. The first kappa shape index (κ1) is 13.1. The van der Waals surface area contributed by atoms with E-state index in [1.807, 2.05) is 0 Å². The maximum atomic E-state index is 3.51. The quantitative estimate of drug-likeness (QED) is 0.928. The van der Waals surface area contributed by atoms with Crippen molar-refractivity contribution in [3.05, 3.63) is 60.2 Å². The average Bonchev–Trinajstić information content (AvgIpc) is 3.10. The minimum Gasteiger partial charge on any atom is -0.316 e. The van der Waals surface area contributed by atoms with Crippen molar-refractivity contribution in [3.8, 4) is 11.1 Å². The van der Waals surface area contributed by atoms with Crippen LogP contribution in [0.4, 0.5) is 0 Å². The van der Waals surface area contributed by atoms with Crippen LogP contribution in [0.25, 0.3) is 11.1 Å². The minimum atomic E-state index is 0.883. The lowest BCUT2D eigenvalue weighted by Crippen LogP contribution is -2.25. The van der Waals surface area contributed by atoms with Gasteiger partial charge in [-0.3, -0.25) is 4.90 Å². The van der Waals surface area contributed by atoms with Crippen LogP contribution in [0.1, 0.15) is 5.56 Å². The normalized spacial score (nSPS) is 25.1. The highest BCUT2D eigenvalue weighted by atomic mass is 15.2. The van der Waals surface area contributed by atoms with Gasteiger partial charge in [-0.05, 0) is 41.6 Å². The first-order valence-corrected chi connectivity index (χ1v) is 7.96. The van der Waals surface area contributed by atoms with Crippen molar-refractivity contribution in [1.82, 2.24) is 10.2 Å². The Morgan fingerprint density at radius 1 is 0.810 bits per heavy atom. The van der Waals surface area contributed by atoms with Crippen LogP contribution in [0, 0.1) is 11.8 Å². The Balaban J connectivity index is 1.43. The van der Waals surface area contributed by atoms with Crippen LogP contribution in [0.5, 0.6) is 0 Å². The molecule has 4 rings (SSSR count). The molecule has 1 N–H and O–H groups in total. The summed E-state index contributed by atoms with van der Waals surface area (Å²) in [4.78, 5) is 2.62. The molecular weight excluding hydrogens is 256 g/mol. The van der Waals surface area contributed by atoms with E-state index in [-0.39, 0.29) is 0 Å². The highest BCUT2D eigenvalue weighted by molar-refractivity contribution is 5.63. The predicted molar refractivity (Wildman–Crippen MR) is 87.0 cm³/mol. The molecule has 2 aromatic carbocycles. The van der Waals surface area contributed by atoms with E-state index in [2.05, 4.69) is 64.8 Å². The number of likely N-dealkylation sites (tertiary alicyclic amines) is 1. The third-order valence-electron chi connectivity index (χ3n) is 4.93. The third kappa shape index (κ3) is 2.74. The van der Waals surface area contributed by atoms with Gasteiger partial charge in [0.2, 0.25) is 0 Å². The zero-order valence-electron chi connectivity index (χ0n) is 12.3. The van der Waals surface area contributed by atoms with E-state index in [4.69, 9.17) is 0 Å². The molecule has 2 aliphatic heterocycles. The van der Waals surface area contributed by atoms with Gasteiger partial charge in [0.05, 0.1) is 0 Å². The van der Waals surface area contributed by atoms with Gasteiger partial charge in [-0.2, -0.15) is 0 Å². The fourth-order valence-electron chi connectivity index (χ4n) is 3.77. The highest BCUT2D eigenvalue weighted by Gasteiger charge is 2.35. The smallest absolute Gasteiger partial charge is 0.0233 e. The number of rotatable bonds is 3. The van der Waals surface area contributed by atoms with Gasteiger partial charge in [0.15, 0.2) is 0 Å². The van der Waals surface area contributed by atoms with Gasteiger partial charge >= 0.3 is 0 Å². The molecule has 0 aliphatic carbocycles. The van der Waals surface area contributed by atoms with Crippen LogP contribution in [-0.2, 0) is 6.54 Å². The second-order valence-corrected chi connectivity index (χ2v) is 6.44. The largest absolute Gasteiger partial charge is 0.316 e. The van der Waals surface area contributed by atoms with Gasteiger partial charge in [0, 0.05) is 19.6 Å². The Labute approximate surface area is 126 Å². The summed E-state index contributed by atoms with van der Waals surface area (Å²) in [6.45, 7) is 6.06. The van der Waals surface area contributed by atoms with Crippen molar-refractivity contribution in [2.24, 2.45) is 11.8 Å². The van der Waals surface area contributed by atoms with Gasteiger partial charge in [0.1, 0.15) is 0 Å². The maximum absolute atomic E-state index is 3.51. The van der Waals surface area contributed by atoms with E-state index >= 15 is 0 Å². The van der Waals surface area contributed by atoms with Crippen LogP contribution in [-0.4, -0.2) is 31.1 Å². The maximum Gasteiger partial charge on any atom is 0.0233 e. The fraction of sp³-hybridized carbons (Fsp3) is 0.368. The molecule has 0 amide bonds. The van der Waals surface area contributed by atoms with Crippen molar-refractivity contribution in [2.45, 2.75) is 6.54 Å². The third-order valence-corrected chi connectivity index (χ3v) is 4.93. The number of benzene rings is 2. The Morgan fingerprint density at radius 2 is 1.43 bits per heavy atom. The summed E-state index contributed by atoms with van der Waals surface area (Å²) in [5, 5.41) is 3.51. The molecule has 0 saturated carbocycles. The van der Waals surface area contributed by atoms with E-state index in [1.54, 1.807) is 0 Å². The molecule has 0 bridgehead atoms. The van der Waals surface area contributed by atoms with Crippen molar-refractivity contribution < 1.29 is 0 Å². The summed E-state index contributed by atoms with van der Waals surface area (Å²) >= 11 is 0.